The second kappa shape index (κ2) is 5.13. The number of alkyl halides is 3. The lowest BCUT2D eigenvalue weighted by Gasteiger charge is -2.12. The second-order valence-corrected chi connectivity index (χ2v) is 6.75. The Kier molecular flexibility index (Phi) is 3.87. The number of anilines is 1. The molecule has 19 heavy (non-hydrogen) atoms. The number of nitrogens with one attached hydrogen (secondary N) is 1. The van der Waals surface area contributed by atoms with Crippen LogP contribution in [0.15, 0.2) is 12.3 Å². The summed E-state index contributed by atoms with van der Waals surface area (Å²) in [6.07, 6.45) is -3.46. The van der Waals surface area contributed by atoms with Crippen LogP contribution in [0.2, 0.25) is 0 Å². The lowest BCUT2D eigenvalue weighted by molar-refractivity contribution is -0.134. The molecule has 1 unspecified atom stereocenters. The first-order valence-corrected chi connectivity index (χ1v) is 7.27. The van der Waals surface area contributed by atoms with E-state index >= 15 is 0 Å². The number of thiophene rings is 1. The topological polar surface area (TPSA) is 24.9 Å². The van der Waals surface area contributed by atoms with Crippen molar-refractivity contribution in [3.8, 4) is 0 Å². The van der Waals surface area contributed by atoms with Gasteiger partial charge in [-0.1, -0.05) is 11.3 Å². The van der Waals surface area contributed by atoms with Gasteiger partial charge in [-0.05, 0) is 32.4 Å². The SMILES string of the molecule is Cc1cc(C(C)Nc2ncc(C(F)(F)F)s2)c(C)s1. The maximum absolute atomic E-state index is 12.5. The van der Waals surface area contributed by atoms with Crippen LogP contribution in [0.5, 0.6) is 0 Å². The fraction of sp³-hybridized carbons (Fsp3) is 0.417. The molecule has 1 N–H and O–H groups in total. The van der Waals surface area contributed by atoms with Crippen molar-refractivity contribution in [2.24, 2.45) is 0 Å². The number of aryl methyl sites for hydroxylation is 2. The van der Waals surface area contributed by atoms with E-state index in [0.29, 0.717) is 16.5 Å². The van der Waals surface area contributed by atoms with Gasteiger partial charge in [0.15, 0.2) is 5.13 Å². The monoisotopic (exact) mass is 306 g/mol. The summed E-state index contributed by atoms with van der Waals surface area (Å²) in [5.74, 6) is 0. The zero-order valence-electron chi connectivity index (χ0n) is 10.6. The van der Waals surface area contributed by atoms with Gasteiger partial charge in [0.2, 0.25) is 0 Å². The maximum Gasteiger partial charge on any atom is 0.427 e. The highest BCUT2D eigenvalue weighted by atomic mass is 32.1. The van der Waals surface area contributed by atoms with Crippen LogP contribution in [0.4, 0.5) is 18.3 Å². The highest BCUT2D eigenvalue weighted by Gasteiger charge is 2.33. The molecule has 0 bridgehead atoms. The van der Waals surface area contributed by atoms with Crippen molar-refractivity contribution in [1.82, 2.24) is 4.98 Å². The standard InChI is InChI=1S/C12H13F3N2S2/c1-6-4-9(8(3)18-6)7(2)17-11-16-5-10(19-11)12(13,14)15/h4-5,7H,1-3H3,(H,16,17). The van der Waals surface area contributed by atoms with E-state index in [1.807, 2.05) is 20.8 Å². The van der Waals surface area contributed by atoms with Crippen molar-refractivity contribution < 1.29 is 13.2 Å². The highest BCUT2D eigenvalue weighted by molar-refractivity contribution is 7.15. The predicted molar refractivity (Wildman–Crippen MR) is 72.9 cm³/mol. The molecule has 0 spiro atoms. The van der Waals surface area contributed by atoms with Crippen LogP contribution in [0.1, 0.15) is 33.2 Å². The molecule has 7 heteroatoms. The van der Waals surface area contributed by atoms with E-state index in [9.17, 15) is 13.2 Å². The van der Waals surface area contributed by atoms with Gasteiger partial charge in [0.05, 0.1) is 12.2 Å². The van der Waals surface area contributed by atoms with Gasteiger partial charge in [0.1, 0.15) is 4.88 Å². The molecule has 104 valence electrons. The minimum absolute atomic E-state index is 0.0582. The lowest BCUT2D eigenvalue weighted by atomic mass is 10.1. The van der Waals surface area contributed by atoms with Gasteiger partial charge in [-0.25, -0.2) is 4.98 Å². The first-order valence-electron chi connectivity index (χ1n) is 5.64. The Balaban J connectivity index is 2.13. The fourth-order valence-corrected chi connectivity index (χ4v) is 3.61. The van der Waals surface area contributed by atoms with Crippen LogP contribution < -0.4 is 5.32 Å². The van der Waals surface area contributed by atoms with E-state index in [0.717, 1.165) is 11.8 Å². The molecule has 0 aliphatic carbocycles. The van der Waals surface area contributed by atoms with Gasteiger partial charge >= 0.3 is 6.18 Å². The zero-order chi connectivity index (χ0) is 14.2. The molecule has 0 aliphatic rings. The number of hydrogen-bond donors (Lipinski definition) is 1. The molecule has 0 saturated heterocycles. The molecule has 0 saturated carbocycles. The van der Waals surface area contributed by atoms with Crippen LogP contribution in [0, 0.1) is 13.8 Å². The first-order chi connectivity index (χ1) is 8.77. The fourth-order valence-electron chi connectivity index (χ4n) is 1.82. The highest BCUT2D eigenvalue weighted by Crippen LogP contribution is 2.36. The normalized spacial score (nSPS) is 13.6. The summed E-state index contributed by atoms with van der Waals surface area (Å²) < 4.78 is 37.4. The molecule has 1 atom stereocenters. The van der Waals surface area contributed by atoms with E-state index in [4.69, 9.17) is 0 Å². The average molecular weight is 306 g/mol. The van der Waals surface area contributed by atoms with Gasteiger partial charge < -0.3 is 5.32 Å². The predicted octanol–water partition coefficient (Wildman–Crippen LogP) is 5.01. The van der Waals surface area contributed by atoms with Gasteiger partial charge in [-0.3, -0.25) is 0 Å². The van der Waals surface area contributed by atoms with E-state index < -0.39 is 11.1 Å². The molecule has 2 rings (SSSR count). The number of nitrogens with zero attached hydrogens (tertiary/aromatic N) is 1. The van der Waals surface area contributed by atoms with Crippen LogP contribution in [0.25, 0.3) is 0 Å². The van der Waals surface area contributed by atoms with Gasteiger partial charge in [-0.2, -0.15) is 13.2 Å². The van der Waals surface area contributed by atoms with E-state index in [1.165, 1.54) is 9.75 Å². The van der Waals surface area contributed by atoms with Crippen molar-refractivity contribution in [2.75, 3.05) is 5.32 Å². The summed E-state index contributed by atoms with van der Waals surface area (Å²) in [6, 6.07) is 1.99. The number of hydrogen-bond acceptors (Lipinski definition) is 4. The van der Waals surface area contributed by atoms with Crippen LogP contribution in [-0.2, 0) is 6.18 Å². The molecule has 2 aromatic rings. The number of thiazole rings is 1. The average Bonchev–Trinajstić information content (AvgIpc) is 2.84. The summed E-state index contributed by atoms with van der Waals surface area (Å²) >= 11 is 2.31. The molecule has 2 nitrogen and oxygen atoms in total. The van der Waals surface area contributed by atoms with Crippen molar-refractivity contribution in [3.63, 3.8) is 0 Å². The molecule has 2 aromatic heterocycles. The molecule has 0 fully saturated rings. The van der Waals surface area contributed by atoms with Crippen molar-refractivity contribution in [3.05, 3.63) is 32.5 Å². The zero-order valence-corrected chi connectivity index (χ0v) is 12.3. The van der Waals surface area contributed by atoms with E-state index in [-0.39, 0.29) is 6.04 Å². The van der Waals surface area contributed by atoms with Gasteiger partial charge in [-0.15, -0.1) is 11.3 Å². The van der Waals surface area contributed by atoms with Gasteiger partial charge in [0, 0.05) is 9.75 Å². The van der Waals surface area contributed by atoms with Crippen molar-refractivity contribution in [1.29, 1.82) is 0 Å². The Hall–Kier alpha value is -1.08. The summed E-state index contributed by atoms with van der Waals surface area (Å²) in [4.78, 5) is 5.46. The molecule has 2 heterocycles. The third kappa shape index (κ3) is 3.27. The summed E-state index contributed by atoms with van der Waals surface area (Å²) in [5, 5.41) is 3.31. The summed E-state index contributed by atoms with van der Waals surface area (Å²) in [7, 11) is 0. The Bertz CT molecular complexity index is 572. The molecular weight excluding hydrogens is 293 g/mol. The Labute approximate surface area is 117 Å². The number of aromatic nitrogens is 1. The Morgan fingerprint density at radius 2 is 1.95 bits per heavy atom. The largest absolute Gasteiger partial charge is 0.427 e. The van der Waals surface area contributed by atoms with Gasteiger partial charge in [0.25, 0.3) is 0 Å². The Morgan fingerprint density at radius 1 is 1.26 bits per heavy atom. The first kappa shape index (κ1) is 14.3. The summed E-state index contributed by atoms with van der Waals surface area (Å²) in [5.41, 5.74) is 1.10. The molecule has 0 amide bonds. The van der Waals surface area contributed by atoms with Crippen molar-refractivity contribution in [2.45, 2.75) is 33.0 Å². The second-order valence-electron chi connectivity index (χ2n) is 4.26. The van der Waals surface area contributed by atoms with Crippen LogP contribution in [-0.4, -0.2) is 4.98 Å². The molecular formula is C12H13F3N2S2. The number of rotatable bonds is 3. The third-order valence-corrected chi connectivity index (χ3v) is 4.63. The lowest BCUT2D eigenvalue weighted by Crippen LogP contribution is -2.06. The third-order valence-electron chi connectivity index (χ3n) is 2.67. The van der Waals surface area contributed by atoms with Crippen molar-refractivity contribution >= 4 is 27.8 Å². The smallest absolute Gasteiger partial charge is 0.355 e. The van der Waals surface area contributed by atoms with Crippen LogP contribution >= 0.6 is 22.7 Å². The molecule has 0 aromatic carbocycles. The Morgan fingerprint density at radius 3 is 2.42 bits per heavy atom. The quantitative estimate of drug-likeness (QED) is 0.862. The summed E-state index contributed by atoms with van der Waals surface area (Å²) in [6.45, 7) is 5.94. The maximum atomic E-state index is 12.5. The number of halogens is 3. The minimum atomic E-state index is -4.32. The van der Waals surface area contributed by atoms with E-state index in [1.54, 1.807) is 11.3 Å². The molecule has 0 aliphatic heterocycles. The van der Waals surface area contributed by atoms with E-state index in [2.05, 4.69) is 16.4 Å². The molecule has 0 radical (unpaired) electrons. The van der Waals surface area contributed by atoms with Crippen LogP contribution in [0.3, 0.4) is 0 Å². The minimum Gasteiger partial charge on any atom is -0.355 e.